The maximum atomic E-state index is 11.6. The topological polar surface area (TPSA) is 42.0 Å². The lowest BCUT2D eigenvalue weighted by molar-refractivity contribution is -0.117. The molecule has 0 radical (unpaired) electrons. The van der Waals surface area contributed by atoms with Crippen LogP contribution in [0, 0.1) is 0 Å². The van der Waals surface area contributed by atoms with Crippen molar-refractivity contribution in [1.82, 2.24) is 10.3 Å². The minimum atomic E-state index is 0.177. The van der Waals surface area contributed by atoms with Gasteiger partial charge in [-0.25, -0.2) is 4.98 Å². The summed E-state index contributed by atoms with van der Waals surface area (Å²) in [6.07, 6.45) is 2.16. The first-order valence-corrected chi connectivity index (χ1v) is 6.37. The number of nitrogens with zero attached hydrogens (tertiary/aromatic N) is 1. The average molecular weight is 246 g/mol. The van der Waals surface area contributed by atoms with Crippen molar-refractivity contribution in [2.75, 3.05) is 6.54 Å². The molecule has 4 heteroatoms. The maximum Gasteiger partial charge on any atom is 0.153 e. The minimum absolute atomic E-state index is 0.177. The van der Waals surface area contributed by atoms with Crippen LogP contribution in [-0.4, -0.2) is 17.3 Å². The number of nitrogens with one attached hydrogen (secondary N) is 1. The van der Waals surface area contributed by atoms with Gasteiger partial charge in [-0.3, -0.25) is 4.79 Å². The molecular weight excluding hydrogens is 232 g/mol. The summed E-state index contributed by atoms with van der Waals surface area (Å²) in [7, 11) is 0. The Kier molecular flexibility index (Phi) is 4.41. The van der Waals surface area contributed by atoms with Crippen molar-refractivity contribution in [3.8, 4) is 0 Å². The molecule has 0 saturated heterocycles. The maximum absolute atomic E-state index is 11.6. The second kappa shape index (κ2) is 6.27. The van der Waals surface area contributed by atoms with E-state index in [9.17, 15) is 4.79 Å². The van der Waals surface area contributed by atoms with Crippen LogP contribution < -0.4 is 5.32 Å². The van der Waals surface area contributed by atoms with Gasteiger partial charge in [-0.05, 0) is 5.56 Å². The molecule has 0 spiro atoms. The van der Waals surface area contributed by atoms with Crippen molar-refractivity contribution >= 4 is 17.1 Å². The van der Waals surface area contributed by atoms with Crippen LogP contribution in [0.15, 0.2) is 41.9 Å². The zero-order chi connectivity index (χ0) is 11.9. The molecule has 1 heterocycles. The van der Waals surface area contributed by atoms with E-state index in [0.29, 0.717) is 13.0 Å². The normalized spacial score (nSPS) is 10.4. The Balaban J connectivity index is 1.70. The average Bonchev–Trinajstić information content (AvgIpc) is 2.83. The van der Waals surface area contributed by atoms with E-state index in [1.807, 2.05) is 35.7 Å². The fourth-order valence-corrected chi connectivity index (χ4v) is 2.16. The van der Waals surface area contributed by atoms with E-state index in [0.717, 1.165) is 11.6 Å². The van der Waals surface area contributed by atoms with Crippen LogP contribution in [0.3, 0.4) is 0 Å². The van der Waals surface area contributed by atoms with Gasteiger partial charge in [-0.1, -0.05) is 30.3 Å². The predicted molar refractivity (Wildman–Crippen MR) is 69.0 cm³/mol. The van der Waals surface area contributed by atoms with Gasteiger partial charge in [0.2, 0.25) is 0 Å². The summed E-state index contributed by atoms with van der Waals surface area (Å²) in [4.78, 5) is 15.7. The first kappa shape index (κ1) is 12.0. The molecule has 0 saturated carbocycles. The monoisotopic (exact) mass is 246 g/mol. The number of thiazole rings is 1. The van der Waals surface area contributed by atoms with Crippen LogP contribution in [0.5, 0.6) is 0 Å². The Labute approximate surface area is 105 Å². The van der Waals surface area contributed by atoms with E-state index in [1.54, 1.807) is 6.20 Å². The van der Waals surface area contributed by atoms with Gasteiger partial charge in [0.25, 0.3) is 0 Å². The fraction of sp³-hybridized carbons (Fsp3) is 0.231. The molecule has 0 fully saturated rings. The zero-order valence-corrected chi connectivity index (χ0v) is 10.2. The lowest BCUT2D eigenvalue weighted by atomic mass is 10.2. The standard InChI is InChI=1S/C13H14N2OS/c16-12(8-13-15-6-7-17-13)10-14-9-11-4-2-1-3-5-11/h1-7,14H,8-10H2. The van der Waals surface area contributed by atoms with Gasteiger partial charge in [0.05, 0.1) is 18.0 Å². The first-order valence-electron chi connectivity index (χ1n) is 5.49. The van der Waals surface area contributed by atoms with E-state index in [2.05, 4.69) is 10.3 Å². The zero-order valence-electron chi connectivity index (χ0n) is 9.43. The van der Waals surface area contributed by atoms with Crippen molar-refractivity contribution in [3.63, 3.8) is 0 Å². The molecule has 1 aromatic heterocycles. The number of rotatable bonds is 6. The summed E-state index contributed by atoms with van der Waals surface area (Å²) >= 11 is 1.52. The molecule has 0 unspecified atom stereocenters. The smallest absolute Gasteiger partial charge is 0.153 e. The van der Waals surface area contributed by atoms with Crippen LogP contribution in [0.4, 0.5) is 0 Å². The third-order valence-corrected chi connectivity index (χ3v) is 3.11. The summed E-state index contributed by atoms with van der Waals surface area (Å²) in [6, 6.07) is 10.1. The molecule has 88 valence electrons. The second-order valence-corrected chi connectivity index (χ2v) is 4.71. The number of Topliss-reactive ketones (excluding diaryl/α,β-unsaturated/α-hetero) is 1. The van der Waals surface area contributed by atoms with Crippen molar-refractivity contribution in [2.45, 2.75) is 13.0 Å². The van der Waals surface area contributed by atoms with Crippen LogP contribution in [0.25, 0.3) is 0 Å². The van der Waals surface area contributed by atoms with Gasteiger partial charge in [0.1, 0.15) is 0 Å². The summed E-state index contributed by atoms with van der Waals surface area (Å²) in [6.45, 7) is 1.12. The van der Waals surface area contributed by atoms with Crippen molar-refractivity contribution in [3.05, 3.63) is 52.5 Å². The number of carbonyl (C=O) groups is 1. The SMILES string of the molecule is O=C(CNCc1ccccc1)Cc1nccs1. The molecule has 2 aromatic rings. The minimum Gasteiger partial charge on any atom is -0.306 e. The van der Waals surface area contributed by atoms with Gasteiger partial charge in [0, 0.05) is 18.1 Å². The summed E-state index contributed by atoms with van der Waals surface area (Å²) in [5.41, 5.74) is 1.19. The van der Waals surface area contributed by atoms with Gasteiger partial charge in [0.15, 0.2) is 5.78 Å². The number of aromatic nitrogens is 1. The number of hydrogen-bond acceptors (Lipinski definition) is 4. The molecule has 0 bridgehead atoms. The van der Waals surface area contributed by atoms with Crippen LogP contribution in [-0.2, 0) is 17.8 Å². The molecular formula is C13H14N2OS. The molecule has 0 aliphatic rings. The van der Waals surface area contributed by atoms with Gasteiger partial charge in [-0.2, -0.15) is 0 Å². The molecule has 17 heavy (non-hydrogen) atoms. The highest BCUT2D eigenvalue weighted by Gasteiger charge is 2.04. The molecule has 0 atom stereocenters. The van der Waals surface area contributed by atoms with E-state index in [4.69, 9.17) is 0 Å². The molecule has 2 rings (SSSR count). The molecule has 0 amide bonds. The Morgan fingerprint density at radius 1 is 1.29 bits per heavy atom. The van der Waals surface area contributed by atoms with Crippen molar-refractivity contribution in [1.29, 1.82) is 0 Å². The van der Waals surface area contributed by atoms with E-state index < -0.39 is 0 Å². The molecule has 0 aliphatic heterocycles. The highest BCUT2D eigenvalue weighted by atomic mass is 32.1. The molecule has 1 N–H and O–H groups in total. The number of ketones is 1. The second-order valence-electron chi connectivity index (χ2n) is 3.73. The molecule has 1 aromatic carbocycles. The van der Waals surface area contributed by atoms with Gasteiger partial charge >= 0.3 is 0 Å². The highest BCUT2D eigenvalue weighted by Crippen LogP contribution is 2.04. The molecule has 3 nitrogen and oxygen atoms in total. The Bertz CT molecular complexity index is 454. The van der Waals surface area contributed by atoms with Crippen molar-refractivity contribution < 1.29 is 4.79 Å². The third-order valence-electron chi connectivity index (χ3n) is 2.33. The van der Waals surface area contributed by atoms with Crippen LogP contribution in [0.1, 0.15) is 10.6 Å². The van der Waals surface area contributed by atoms with Crippen LogP contribution >= 0.6 is 11.3 Å². The Morgan fingerprint density at radius 3 is 2.82 bits per heavy atom. The van der Waals surface area contributed by atoms with Crippen LogP contribution in [0.2, 0.25) is 0 Å². The summed E-state index contributed by atoms with van der Waals surface area (Å²) in [5, 5.41) is 5.92. The highest BCUT2D eigenvalue weighted by molar-refractivity contribution is 7.09. The Morgan fingerprint density at radius 2 is 2.12 bits per heavy atom. The quantitative estimate of drug-likeness (QED) is 0.848. The van der Waals surface area contributed by atoms with E-state index in [-0.39, 0.29) is 5.78 Å². The fourth-order valence-electron chi connectivity index (χ4n) is 1.51. The summed E-state index contributed by atoms with van der Waals surface area (Å²) < 4.78 is 0. The molecule has 0 aliphatic carbocycles. The predicted octanol–water partition coefficient (Wildman–Crippen LogP) is 2.04. The van der Waals surface area contributed by atoms with E-state index in [1.165, 1.54) is 16.9 Å². The van der Waals surface area contributed by atoms with Gasteiger partial charge < -0.3 is 5.32 Å². The summed E-state index contributed by atoms with van der Waals surface area (Å²) in [5.74, 6) is 0.177. The largest absolute Gasteiger partial charge is 0.306 e. The third kappa shape index (κ3) is 4.09. The Hall–Kier alpha value is -1.52. The van der Waals surface area contributed by atoms with Crippen molar-refractivity contribution in [2.24, 2.45) is 0 Å². The lowest BCUT2D eigenvalue weighted by Gasteiger charge is -2.03. The van der Waals surface area contributed by atoms with Gasteiger partial charge in [-0.15, -0.1) is 11.3 Å². The first-order chi connectivity index (χ1) is 8.34. The number of benzene rings is 1. The lowest BCUT2D eigenvalue weighted by Crippen LogP contribution is -2.23. The van der Waals surface area contributed by atoms with E-state index >= 15 is 0 Å². The number of hydrogen-bond donors (Lipinski definition) is 1. The number of carbonyl (C=O) groups excluding carboxylic acids is 1.